The molecule has 0 saturated heterocycles. The lowest BCUT2D eigenvalue weighted by molar-refractivity contribution is -0.0832. The van der Waals surface area contributed by atoms with Crippen molar-refractivity contribution in [3.63, 3.8) is 0 Å². The maximum atomic E-state index is 11.4. The van der Waals surface area contributed by atoms with E-state index in [0.717, 1.165) is 43.6 Å². The zero-order valence-corrected chi connectivity index (χ0v) is 12.2. The van der Waals surface area contributed by atoms with Crippen molar-refractivity contribution in [1.29, 1.82) is 5.26 Å². The smallest absolute Gasteiger partial charge is 0.109 e. The molecule has 1 saturated carbocycles. The summed E-state index contributed by atoms with van der Waals surface area (Å²) in [6, 6.07) is 10.7. The van der Waals surface area contributed by atoms with Gasteiger partial charge in [-0.2, -0.15) is 5.26 Å². The number of aliphatic hydroxyl groups is 1. The molecule has 1 N–H and O–H groups in total. The molecule has 1 fully saturated rings. The minimum atomic E-state index is -0.933. The lowest BCUT2D eigenvalue weighted by Gasteiger charge is -2.45. The predicted octanol–water partition coefficient (Wildman–Crippen LogP) is 3.93. The molecule has 3 rings (SSSR count). The highest BCUT2D eigenvalue weighted by atomic mass is 16.3. The molecule has 106 valence electrons. The summed E-state index contributed by atoms with van der Waals surface area (Å²) in [5.74, 6) is 0.733. The maximum absolute atomic E-state index is 11.4. The molecule has 0 spiro atoms. The highest BCUT2D eigenvalue weighted by molar-refractivity contribution is 5.41. The van der Waals surface area contributed by atoms with Crippen molar-refractivity contribution in [1.82, 2.24) is 0 Å². The van der Waals surface area contributed by atoms with Gasteiger partial charge < -0.3 is 5.11 Å². The molecule has 0 aliphatic heterocycles. The average molecular weight is 269 g/mol. The van der Waals surface area contributed by atoms with Gasteiger partial charge in [-0.25, -0.2) is 0 Å². The molecule has 1 atom stereocenters. The highest BCUT2D eigenvalue weighted by Crippen LogP contribution is 2.56. The SMILES string of the molecule is CCC1CCC(C#N)(C2(O)CCc3ccccc32)CC1. The van der Waals surface area contributed by atoms with Crippen molar-refractivity contribution < 1.29 is 5.11 Å². The van der Waals surface area contributed by atoms with E-state index in [1.165, 1.54) is 12.0 Å². The van der Waals surface area contributed by atoms with Crippen molar-refractivity contribution in [3.05, 3.63) is 35.4 Å². The number of rotatable bonds is 2. The summed E-state index contributed by atoms with van der Waals surface area (Å²) in [5, 5.41) is 21.2. The Morgan fingerprint density at radius 3 is 2.60 bits per heavy atom. The van der Waals surface area contributed by atoms with Crippen molar-refractivity contribution in [3.8, 4) is 6.07 Å². The van der Waals surface area contributed by atoms with Gasteiger partial charge in [-0.3, -0.25) is 0 Å². The van der Waals surface area contributed by atoms with Gasteiger partial charge in [0.05, 0.1) is 11.5 Å². The van der Waals surface area contributed by atoms with Gasteiger partial charge in [-0.15, -0.1) is 0 Å². The van der Waals surface area contributed by atoms with Gasteiger partial charge >= 0.3 is 0 Å². The zero-order chi connectivity index (χ0) is 14.2. The van der Waals surface area contributed by atoms with Crippen LogP contribution in [0.4, 0.5) is 0 Å². The third-order valence-corrected chi connectivity index (χ3v) is 5.76. The van der Waals surface area contributed by atoms with Crippen LogP contribution in [-0.4, -0.2) is 5.11 Å². The number of hydrogen-bond donors (Lipinski definition) is 1. The van der Waals surface area contributed by atoms with Gasteiger partial charge in [-0.1, -0.05) is 37.6 Å². The van der Waals surface area contributed by atoms with Gasteiger partial charge in [-0.05, 0) is 55.6 Å². The summed E-state index contributed by atoms with van der Waals surface area (Å²) in [7, 11) is 0. The first-order chi connectivity index (χ1) is 9.65. The topological polar surface area (TPSA) is 44.0 Å². The molecular formula is C18H23NO. The largest absolute Gasteiger partial charge is 0.383 e. The zero-order valence-electron chi connectivity index (χ0n) is 12.2. The van der Waals surface area contributed by atoms with Crippen LogP contribution in [0, 0.1) is 22.7 Å². The third-order valence-electron chi connectivity index (χ3n) is 5.76. The van der Waals surface area contributed by atoms with Crippen LogP contribution in [0.1, 0.15) is 56.6 Å². The van der Waals surface area contributed by atoms with Crippen LogP contribution in [0.3, 0.4) is 0 Å². The molecule has 0 amide bonds. The fourth-order valence-electron chi connectivity index (χ4n) is 4.29. The van der Waals surface area contributed by atoms with Crippen LogP contribution in [0.5, 0.6) is 0 Å². The molecule has 1 aromatic carbocycles. The van der Waals surface area contributed by atoms with E-state index in [2.05, 4.69) is 19.1 Å². The Morgan fingerprint density at radius 1 is 1.25 bits per heavy atom. The van der Waals surface area contributed by atoms with Crippen LogP contribution < -0.4 is 0 Å². The second-order valence-corrected chi connectivity index (χ2v) is 6.56. The second kappa shape index (κ2) is 4.90. The van der Waals surface area contributed by atoms with Gasteiger partial charge in [0.1, 0.15) is 5.60 Å². The summed E-state index contributed by atoms with van der Waals surface area (Å²) in [5.41, 5.74) is 0.723. The fourth-order valence-corrected chi connectivity index (χ4v) is 4.29. The highest BCUT2D eigenvalue weighted by Gasteiger charge is 2.55. The van der Waals surface area contributed by atoms with Gasteiger partial charge in [0.25, 0.3) is 0 Å². The Kier molecular flexibility index (Phi) is 3.34. The van der Waals surface area contributed by atoms with E-state index in [1.807, 2.05) is 18.2 Å². The number of nitriles is 1. The Hall–Kier alpha value is -1.33. The van der Waals surface area contributed by atoms with Crippen LogP contribution in [-0.2, 0) is 12.0 Å². The van der Waals surface area contributed by atoms with E-state index in [9.17, 15) is 10.4 Å². The minimum Gasteiger partial charge on any atom is -0.383 e. The number of benzene rings is 1. The first-order valence-electron chi connectivity index (χ1n) is 7.87. The van der Waals surface area contributed by atoms with E-state index in [0.29, 0.717) is 6.42 Å². The summed E-state index contributed by atoms with van der Waals surface area (Å²) in [4.78, 5) is 0. The number of hydrogen-bond acceptors (Lipinski definition) is 2. The van der Waals surface area contributed by atoms with E-state index < -0.39 is 11.0 Å². The van der Waals surface area contributed by atoms with Crippen molar-refractivity contribution >= 4 is 0 Å². The van der Waals surface area contributed by atoms with Crippen molar-refractivity contribution in [2.45, 2.75) is 57.5 Å². The lowest BCUT2D eigenvalue weighted by Crippen LogP contribution is -2.45. The van der Waals surface area contributed by atoms with Crippen molar-refractivity contribution in [2.24, 2.45) is 11.3 Å². The lowest BCUT2D eigenvalue weighted by atomic mass is 9.60. The third kappa shape index (κ3) is 1.80. The molecule has 2 aliphatic carbocycles. The molecule has 20 heavy (non-hydrogen) atoms. The Bertz CT molecular complexity index is 537. The normalized spacial score (nSPS) is 36.4. The summed E-state index contributed by atoms with van der Waals surface area (Å²) >= 11 is 0. The predicted molar refractivity (Wildman–Crippen MR) is 79.0 cm³/mol. The Labute approximate surface area is 121 Å². The molecule has 1 unspecified atom stereocenters. The standard InChI is InChI=1S/C18H23NO/c1-2-14-7-10-17(13-19,11-8-14)18(20)12-9-15-5-3-4-6-16(15)18/h3-6,14,20H,2,7-12H2,1H3. The monoisotopic (exact) mass is 269 g/mol. The number of nitrogens with zero attached hydrogens (tertiary/aromatic N) is 1. The Morgan fingerprint density at radius 2 is 1.95 bits per heavy atom. The van der Waals surface area contributed by atoms with Gasteiger partial charge in [0.2, 0.25) is 0 Å². The van der Waals surface area contributed by atoms with Crippen LogP contribution in [0.25, 0.3) is 0 Å². The first-order valence-corrected chi connectivity index (χ1v) is 7.87. The van der Waals surface area contributed by atoms with E-state index in [1.54, 1.807) is 0 Å². The molecular weight excluding hydrogens is 246 g/mol. The molecule has 2 nitrogen and oxygen atoms in total. The molecule has 2 heteroatoms. The minimum absolute atomic E-state index is 0.578. The molecule has 1 aromatic rings. The molecule has 0 heterocycles. The summed E-state index contributed by atoms with van der Waals surface area (Å²) < 4.78 is 0. The fraction of sp³-hybridized carbons (Fsp3) is 0.611. The van der Waals surface area contributed by atoms with E-state index in [-0.39, 0.29) is 0 Å². The van der Waals surface area contributed by atoms with Gasteiger partial charge in [0, 0.05) is 0 Å². The molecule has 0 aromatic heterocycles. The molecule has 2 aliphatic rings. The quantitative estimate of drug-likeness (QED) is 0.884. The number of fused-ring (bicyclic) bond motifs is 1. The average Bonchev–Trinajstić information content (AvgIpc) is 2.87. The second-order valence-electron chi connectivity index (χ2n) is 6.56. The van der Waals surface area contributed by atoms with E-state index in [4.69, 9.17) is 0 Å². The Balaban J connectivity index is 1.97. The first kappa shape index (κ1) is 13.6. The molecule has 0 radical (unpaired) electrons. The van der Waals surface area contributed by atoms with Crippen LogP contribution in [0.2, 0.25) is 0 Å². The van der Waals surface area contributed by atoms with Crippen LogP contribution in [0.15, 0.2) is 24.3 Å². The van der Waals surface area contributed by atoms with Crippen LogP contribution >= 0.6 is 0 Å². The maximum Gasteiger partial charge on any atom is 0.109 e. The van der Waals surface area contributed by atoms with Gasteiger partial charge in [0.15, 0.2) is 0 Å². The van der Waals surface area contributed by atoms with E-state index >= 15 is 0 Å². The van der Waals surface area contributed by atoms with Crippen molar-refractivity contribution in [2.75, 3.05) is 0 Å². The summed E-state index contributed by atoms with van der Waals surface area (Å²) in [6.45, 7) is 2.23. The number of aryl methyl sites for hydroxylation is 1. The molecule has 0 bridgehead atoms. The summed E-state index contributed by atoms with van der Waals surface area (Å²) in [6.07, 6.45) is 6.63.